The van der Waals surface area contributed by atoms with Gasteiger partial charge in [-0.3, -0.25) is 28.8 Å². The lowest BCUT2D eigenvalue weighted by Gasteiger charge is -2.24. The number of nitrogens with zero attached hydrogens (tertiary/aromatic N) is 1. The summed E-state index contributed by atoms with van der Waals surface area (Å²) in [7, 11) is 0. The van der Waals surface area contributed by atoms with E-state index in [0.717, 1.165) is 0 Å². The first-order valence-electron chi connectivity index (χ1n) is 10.9. The van der Waals surface area contributed by atoms with E-state index in [2.05, 4.69) is 20.6 Å². The van der Waals surface area contributed by atoms with Gasteiger partial charge < -0.3 is 47.7 Å². The molecule has 0 spiro atoms. The number of amides is 4. The second-order valence-electron chi connectivity index (χ2n) is 7.94. The minimum Gasteiger partial charge on any atom is -0.481 e. The molecule has 37 heavy (non-hydrogen) atoms. The van der Waals surface area contributed by atoms with Crippen molar-refractivity contribution in [3.63, 3.8) is 0 Å². The lowest BCUT2D eigenvalue weighted by molar-refractivity contribution is -0.144. The first-order chi connectivity index (χ1) is 17.3. The molecule has 0 aliphatic rings. The molecule has 0 radical (unpaired) electrons. The van der Waals surface area contributed by atoms with E-state index in [1.807, 2.05) is 5.32 Å². The Morgan fingerprint density at radius 1 is 0.838 bits per heavy atom. The number of primary amides is 1. The monoisotopic (exact) mass is 527 g/mol. The highest BCUT2D eigenvalue weighted by molar-refractivity contribution is 5.95. The van der Waals surface area contributed by atoms with E-state index in [0.29, 0.717) is 5.69 Å². The SMILES string of the molecule is NC(=O)CC(NC(=O)C(CCC(=O)O)NC(=O)C(Cc1cnc[nH]1)NC(=O)C(N)CCC(=O)O)C(=O)O. The average molecular weight is 527 g/mol. The van der Waals surface area contributed by atoms with Crippen LogP contribution in [0.5, 0.6) is 0 Å². The van der Waals surface area contributed by atoms with Gasteiger partial charge in [0.2, 0.25) is 23.6 Å². The zero-order valence-corrected chi connectivity index (χ0v) is 19.5. The molecule has 0 aliphatic heterocycles. The minimum atomic E-state index is -1.73. The number of nitrogens with one attached hydrogen (secondary N) is 4. The van der Waals surface area contributed by atoms with Gasteiger partial charge in [-0.05, 0) is 12.8 Å². The fraction of sp³-hybridized carbons (Fsp3) is 0.500. The molecule has 0 saturated heterocycles. The molecule has 1 heterocycles. The molecule has 4 unspecified atom stereocenters. The minimum absolute atomic E-state index is 0.171. The van der Waals surface area contributed by atoms with Crippen LogP contribution in [0, 0.1) is 0 Å². The van der Waals surface area contributed by atoms with Gasteiger partial charge in [-0.25, -0.2) is 9.78 Å². The number of carbonyl (C=O) groups is 7. The third-order valence-electron chi connectivity index (χ3n) is 4.92. The fourth-order valence-electron chi connectivity index (χ4n) is 3.00. The summed E-state index contributed by atoms with van der Waals surface area (Å²) in [5.41, 5.74) is 11.1. The van der Waals surface area contributed by atoms with Gasteiger partial charge in [0, 0.05) is 31.2 Å². The molecule has 4 amide bonds. The number of aromatic amines is 1. The largest absolute Gasteiger partial charge is 0.481 e. The number of aliphatic carboxylic acids is 3. The van der Waals surface area contributed by atoms with Gasteiger partial charge in [-0.1, -0.05) is 0 Å². The maximum Gasteiger partial charge on any atom is 0.326 e. The smallest absolute Gasteiger partial charge is 0.326 e. The Morgan fingerprint density at radius 2 is 1.38 bits per heavy atom. The number of aromatic nitrogens is 2. The summed E-state index contributed by atoms with van der Waals surface area (Å²) in [5, 5.41) is 33.6. The lowest BCUT2D eigenvalue weighted by atomic mass is 10.1. The summed E-state index contributed by atoms with van der Waals surface area (Å²) in [6, 6.07) is -5.95. The number of carboxylic acids is 3. The molecule has 0 aliphatic carbocycles. The second-order valence-corrected chi connectivity index (χ2v) is 7.94. The average Bonchev–Trinajstić information content (AvgIpc) is 3.31. The second kappa shape index (κ2) is 14.8. The maximum absolute atomic E-state index is 13.0. The zero-order chi connectivity index (χ0) is 28.1. The predicted octanol–water partition coefficient (Wildman–Crippen LogP) is -3.58. The van der Waals surface area contributed by atoms with Gasteiger partial charge in [0.05, 0.1) is 18.8 Å². The van der Waals surface area contributed by atoms with Crippen LogP contribution >= 0.6 is 0 Å². The van der Waals surface area contributed by atoms with Gasteiger partial charge in [-0.2, -0.15) is 0 Å². The van der Waals surface area contributed by atoms with Crippen molar-refractivity contribution in [3.05, 3.63) is 18.2 Å². The quantitative estimate of drug-likeness (QED) is 0.0950. The van der Waals surface area contributed by atoms with Gasteiger partial charge in [0.15, 0.2) is 0 Å². The molecule has 11 N–H and O–H groups in total. The number of nitrogens with two attached hydrogens (primary N) is 2. The third kappa shape index (κ3) is 11.6. The first-order valence-corrected chi connectivity index (χ1v) is 10.9. The third-order valence-corrected chi connectivity index (χ3v) is 4.92. The lowest BCUT2D eigenvalue weighted by Crippen LogP contribution is -2.58. The van der Waals surface area contributed by atoms with Crippen molar-refractivity contribution in [1.82, 2.24) is 25.9 Å². The Balaban J connectivity index is 3.08. The number of hydrogen-bond donors (Lipinski definition) is 9. The summed E-state index contributed by atoms with van der Waals surface area (Å²) >= 11 is 0. The van der Waals surface area contributed by atoms with Crippen molar-refractivity contribution in [2.75, 3.05) is 0 Å². The molecule has 17 heteroatoms. The number of rotatable bonds is 17. The highest BCUT2D eigenvalue weighted by atomic mass is 16.4. The summed E-state index contributed by atoms with van der Waals surface area (Å²) in [5.74, 6) is -8.03. The summed E-state index contributed by atoms with van der Waals surface area (Å²) in [4.78, 5) is 88.9. The van der Waals surface area contributed by atoms with Gasteiger partial charge in [0.25, 0.3) is 0 Å². The highest BCUT2D eigenvalue weighted by Gasteiger charge is 2.31. The fourth-order valence-corrected chi connectivity index (χ4v) is 3.00. The predicted molar refractivity (Wildman–Crippen MR) is 121 cm³/mol. The van der Waals surface area contributed by atoms with E-state index >= 15 is 0 Å². The van der Waals surface area contributed by atoms with E-state index < -0.39 is 91.4 Å². The molecule has 4 atom stereocenters. The molecule has 1 aromatic rings. The summed E-state index contributed by atoms with van der Waals surface area (Å²) in [6.07, 6.45) is 0.0516. The molecule has 204 valence electrons. The van der Waals surface area contributed by atoms with Gasteiger partial charge in [0.1, 0.15) is 18.1 Å². The highest BCUT2D eigenvalue weighted by Crippen LogP contribution is 2.05. The zero-order valence-electron chi connectivity index (χ0n) is 19.5. The maximum atomic E-state index is 13.0. The van der Waals surface area contributed by atoms with E-state index in [1.54, 1.807) is 0 Å². The Morgan fingerprint density at radius 3 is 1.89 bits per heavy atom. The van der Waals surface area contributed by atoms with E-state index in [4.69, 9.17) is 21.7 Å². The van der Waals surface area contributed by atoms with Gasteiger partial charge >= 0.3 is 17.9 Å². The number of carboxylic acid groups (broad SMARTS) is 3. The number of hydrogen-bond acceptors (Lipinski definition) is 9. The van der Waals surface area contributed by atoms with Crippen LogP contribution in [0.25, 0.3) is 0 Å². The molecule has 0 bridgehead atoms. The molecule has 0 fully saturated rings. The van der Waals surface area contributed by atoms with E-state index in [9.17, 15) is 38.7 Å². The van der Waals surface area contributed by atoms with Crippen LogP contribution in [0.4, 0.5) is 0 Å². The van der Waals surface area contributed by atoms with Crippen molar-refractivity contribution < 1.29 is 48.9 Å². The molecule has 0 aromatic carbocycles. The van der Waals surface area contributed by atoms with Crippen LogP contribution in [-0.4, -0.2) is 91.0 Å². The van der Waals surface area contributed by atoms with Crippen LogP contribution in [0.3, 0.4) is 0 Å². The molecule has 1 aromatic heterocycles. The molecular formula is C20H29N7O10. The summed E-state index contributed by atoms with van der Waals surface area (Å²) in [6.45, 7) is 0. The number of imidazole rings is 1. The molecule has 0 saturated carbocycles. The Bertz CT molecular complexity index is 998. The van der Waals surface area contributed by atoms with Crippen molar-refractivity contribution in [2.24, 2.45) is 11.5 Å². The van der Waals surface area contributed by atoms with Crippen LogP contribution in [-0.2, 0) is 40.0 Å². The molecule has 17 nitrogen and oxygen atoms in total. The number of carbonyl (C=O) groups excluding carboxylic acids is 4. The molecule has 1 rings (SSSR count). The van der Waals surface area contributed by atoms with Crippen LogP contribution in [0.1, 0.15) is 37.8 Å². The van der Waals surface area contributed by atoms with Crippen LogP contribution in [0.15, 0.2) is 12.5 Å². The van der Waals surface area contributed by atoms with Crippen molar-refractivity contribution in [2.45, 2.75) is 62.7 Å². The van der Waals surface area contributed by atoms with Crippen molar-refractivity contribution in [1.29, 1.82) is 0 Å². The Hall–Kier alpha value is -4.54. The van der Waals surface area contributed by atoms with Crippen LogP contribution < -0.4 is 27.4 Å². The van der Waals surface area contributed by atoms with Crippen LogP contribution in [0.2, 0.25) is 0 Å². The molecular weight excluding hydrogens is 498 g/mol. The van der Waals surface area contributed by atoms with Crippen molar-refractivity contribution >= 4 is 41.5 Å². The Labute approximate surface area is 209 Å². The Kier molecular flexibility index (Phi) is 12.2. The standard InChI is InChI=1S/C20H29N7O10/c21-10(1-3-15(29)30)17(33)26-12(5-9-7-23-8-24-9)19(35)25-11(2-4-16(31)32)18(34)27-13(20(36)37)6-14(22)28/h7-8,10-13H,1-6,21H2,(H2,22,28)(H,23,24)(H,25,35)(H,26,33)(H,27,34)(H,29,30)(H,31,32)(H,36,37). The first kappa shape index (κ1) is 30.5. The van der Waals surface area contributed by atoms with E-state index in [-0.39, 0.29) is 12.8 Å². The van der Waals surface area contributed by atoms with Gasteiger partial charge in [-0.15, -0.1) is 0 Å². The van der Waals surface area contributed by atoms with E-state index in [1.165, 1.54) is 12.5 Å². The normalized spacial score (nSPS) is 13.9. The number of H-pyrrole nitrogens is 1. The topological polar surface area (TPSA) is 297 Å². The summed E-state index contributed by atoms with van der Waals surface area (Å²) < 4.78 is 0. The van der Waals surface area contributed by atoms with Crippen molar-refractivity contribution in [3.8, 4) is 0 Å².